The maximum atomic E-state index is 14.9. The molecule has 44 heavy (non-hydrogen) atoms. The lowest BCUT2D eigenvalue weighted by atomic mass is 9.55. The van der Waals surface area contributed by atoms with E-state index in [4.69, 9.17) is 14.2 Å². The molecule has 0 fully saturated rings. The second-order valence-corrected chi connectivity index (χ2v) is 13.3. The van der Waals surface area contributed by atoms with Gasteiger partial charge in [0.2, 0.25) is 5.91 Å². The van der Waals surface area contributed by atoms with Crippen molar-refractivity contribution < 1.29 is 38.2 Å². The van der Waals surface area contributed by atoms with Crippen LogP contribution in [0.2, 0.25) is 0 Å². The zero-order valence-electron chi connectivity index (χ0n) is 26.3. The fourth-order valence-corrected chi connectivity index (χ4v) is 6.71. The lowest BCUT2D eigenvalue weighted by Gasteiger charge is -2.44. The molecule has 0 N–H and O–H groups in total. The van der Waals surface area contributed by atoms with Crippen molar-refractivity contribution >= 4 is 46.4 Å². The number of hydrogen-bond acceptors (Lipinski definition) is 8. The van der Waals surface area contributed by atoms with Crippen molar-refractivity contribution in [3.8, 4) is 0 Å². The number of anilines is 1. The summed E-state index contributed by atoms with van der Waals surface area (Å²) in [4.78, 5) is 71.2. The van der Waals surface area contributed by atoms with Crippen molar-refractivity contribution in [3.05, 3.63) is 65.4 Å². The van der Waals surface area contributed by atoms with Gasteiger partial charge in [0.25, 0.3) is 0 Å². The van der Waals surface area contributed by atoms with Gasteiger partial charge in [-0.2, -0.15) is 0 Å². The predicted molar refractivity (Wildman–Crippen MR) is 163 cm³/mol. The number of rotatable bonds is 3. The number of ether oxygens (including phenoxy) is 3. The molecule has 0 radical (unpaired) electrons. The summed E-state index contributed by atoms with van der Waals surface area (Å²) in [6.45, 7) is 13.3. The average Bonchev–Trinajstić information content (AvgIpc) is 3.36. The Morgan fingerprint density at radius 1 is 0.886 bits per heavy atom. The van der Waals surface area contributed by atoms with Crippen LogP contribution in [0.15, 0.2) is 48.5 Å². The normalized spacial score (nSPS) is 21.2. The number of esters is 1. The van der Waals surface area contributed by atoms with E-state index in [-0.39, 0.29) is 18.7 Å². The average molecular weight is 603 g/mol. The van der Waals surface area contributed by atoms with Crippen molar-refractivity contribution in [2.45, 2.75) is 84.3 Å². The molecular formula is C34H38N2O8. The summed E-state index contributed by atoms with van der Waals surface area (Å²) in [5, 5.41) is 0.566. The molecule has 232 valence electrons. The SMILES string of the molecule is CCOC(=O)[C@H]1Cc2c(c3ccccc3n2C(=O)OC(C)(C)C)[C@H](C(C)=O)[C@]12C(=O)N(C(=O)OC(C)(C)C)c1ccccc12. The standard InChI is InChI=1S/C34H38N2O8/c1-9-42-28(38)22-18-25-26(20-14-10-12-16-23(20)35(25)30(40)43-32(3,4)5)27(19(2)37)34(22)21-15-11-13-17-24(21)36(29(34)39)31(41)44-33(6,7)8/h10-17,22,27H,9,18H2,1-8H3/t22-,27+,34-/m1/s1. The molecule has 2 amide bonds. The van der Waals surface area contributed by atoms with E-state index in [0.717, 1.165) is 4.90 Å². The highest BCUT2D eigenvalue weighted by atomic mass is 16.6. The second-order valence-electron chi connectivity index (χ2n) is 13.3. The second kappa shape index (κ2) is 10.6. The van der Waals surface area contributed by atoms with Gasteiger partial charge in [0.1, 0.15) is 22.4 Å². The first kappa shape index (κ1) is 31.0. The van der Waals surface area contributed by atoms with E-state index in [1.165, 1.54) is 11.5 Å². The number of carbonyl (C=O) groups is 5. The molecule has 10 nitrogen and oxygen atoms in total. The summed E-state index contributed by atoms with van der Waals surface area (Å²) in [5.74, 6) is -4.42. The van der Waals surface area contributed by atoms with Crippen LogP contribution in [-0.4, -0.2) is 52.2 Å². The lowest BCUT2D eigenvalue weighted by molar-refractivity contribution is -0.155. The highest BCUT2D eigenvalue weighted by Gasteiger charge is 2.68. The number of nitrogens with zero attached hydrogens (tertiary/aromatic N) is 2. The Balaban J connectivity index is 1.87. The van der Waals surface area contributed by atoms with Crippen molar-refractivity contribution in [1.82, 2.24) is 4.57 Å². The minimum atomic E-state index is -1.86. The molecule has 0 saturated carbocycles. The molecule has 0 unspecified atom stereocenters. The van der Waals surface area contributed by atoms with Crippen LogP contribution < -0.4 is 4.90 Å². The van der Waals surface area contributed by atoms with Crippen LogP contribution in [0, 0.1) is 5.92 Å². The number of amides is 2. The first-order valence-corrected chi connectivity index (χ1v) is 14.7. The number of fused-ring (bicyclic) bond motifs is 5. The fourth-order valence-electron chi connectivity index (χ4n) is 6.71. The molecule has 1 aliphatic carbocycles. The molecule has 0 saturated heterocycles. The lowest BCUT2D eigenvalue weighted by Crippen LogP contribution is -2.58. The number of carbonyl (C=O) groups excluding carboxylic acids is 5. The molecule has 1 aromatic heterocycles. The zero-order chi connectivity index (χ0) is 32.4. The van der Waals surface area contributed by atoms with Crippen LogP contribution in [0.4, 0.5) is 15.3 Å². The smallest absolute Gasteiger partial charge is 0.421 e. The number of para-hydroxylation sites is 2. The van der Waals surface area contributed by atoms with Gasteiger partial charge >= 0.3 is 18.2 Å². The highest BCUT2D eigenvalue weighted by molar-refractivity contribution is 6.24. The van der Waals surface area contributed by atoms with E-state index >= 15 is 0 Å². The molecule has 5 rings (SSSR count). The van der Waals surface area contributed by atoms with Gasteiger partial charge in [-0.15, -0.1) is 0 Å². The van der Waals surface area contributed by atoms with Gasteiger partial charge in [0.15, 0.2) is 0 Å². The van der Waals surface area contributed by atoms with Crippen molar-refractivity contribution in [3.63, 3.8) is 0 Å². The molecule has 2 aromatic carbocycles. The van der Waals surface area contributed by atoms with E-state index in [0.29, 0.717) is 27.7 Å². The number of aromatic nitrogens is 1. The predicted octanol–water partition coefficient (Wildman–Crippen LogP) is 6.05. The summed E-state index contributed by atoms with van der Waals surface area (Å²) in [6.07, 6.45) is -1.73. The van der Waals surface area contributed by atoms with Crippen molar-refractivity contribution in [1.29, 1.82) is 0 Å². The Labute approximate surface area is 256 Å². The fraction of sp³-hybridized carbons (Fsp3) is 0.441. The number of ketones is 1. The van der Waals surface area contributed by atoms with Gasteiger partial charge in [-0.05, 0) is 78.6 Å². The highest BCUT2D eigenvalue weighted by Crippen LogP contribution is 2.60. The third-order valence-corrected chi connectivity index (χ3v) is 7.98. The van der Waals surface area contributed by atoms with Crippen LogP contribution in [0.3, 0.4) is 0 Å². The minimum Gasteiger partial charge on any atom is -0.466 e. The molecule has 0 bridgehead atoms. The molecule has 2 aliphatic rings. The van der Waals surface area contributed by atoms with Crippen LogP contribution in [0.25, 0.3) is 10.9 Å². The van der Waals surface area contributed by atoms with Gasteiger partial charge in [0, 0.05) is 17.5 Å². The van der Waals surface area contributed by atoms with Crippen LogP contribution in [0.5, 0.6) is 0 Å². The van der Waals surface area contributed by atoms with Crippen LogP contribution in [-0.2, 0) is 40.4 Å². The van der Waals surface area contributed by atoms with E-state index in [2.05, 4.69) is 0 Å². The van der Waals surface area contributed by atoms with Gasteiger partial charge in [-0.1, -0.05) is 36.4 Å². The zero-order valence-corrected chi connectivity index (χ0v) is 26.3. The Kier molecular flexibility index (Phi) is 7.47. The Morgan fingerprint density at radius 2 is 1.48 bits per heavy atom. The largest absolute Gasteiger partial charge is 0.466 e. The summed E-state index contributed by atoms with van der Waals surface area (Å²) in [6, 6.07) is 13.7. The summed E-state index contributed by atoms with van der Waals surface area (Å²) >= 11 is 0. The summed E-state index contributed by atoms with van der Waals surface area (Å²) in [7, 11) is 0. The first-order valence-electron chi connectivity index (χ1n) is 14.7. The Bertz CT molecular complexity index is 1710. The Hall–Kier alpha value is -4.47. The van der Waals surface area contributed by atoms with E-state index < -0.39 is 58.3 Å². The monoisotopic (exact) mass is 602 g/mol. The maximum Gasteiger partial charge on any atom is 0.421 e. The number of Topliss-reactive ketones (excluding diaryl/α,β-unsaturated/α-hetero) is 1. The molecule has 3 aromatic rings. The Morgan fingerprint density at radius 3 is 2.09 bits per heavy atom. The summed E-state index contributed by atoms with van der Waals surface area (Å²) < 4.78 is 18.3. The number of imide groups is 1. The molecule has 3 atom stereocenters. The maximum absolute atomic E-state index is 14.9. The molecule has 10 heteroatoms. The van der Waals surface area contributed by atoms with Crippen molar-refractivity contribution in [2.24, 2.45) is 5.92 Å². The van der Waals surface area contributed by atoms with E-state index in [1.807, 2.05) is 0 Å². The molecule has 1 spiro atoms. The van der Waals surface area contributed by atoms with Crippen LogP contribution >= 0.6 is 0 Å². The third kappa shape index (κ3) is 4.76. The van der Waals surface area contributed by atoms with Gasteiger partial charge in [0.05, 0.1) is 29.6 Å². The van der Waals surface area contributed by atoms with Gasteiger partial charge in [-0.3, -0.25) is 14.4 Å². The van der Waals surface area contributed by atoms with E-state index in [1.54, 1.807) is 97.0 Å². The molecular weight excluding hydrogens is 564 g/mol. The van der Waals surface area contributed by atoms with Crippen molar-refractivity contribution in [2.75, 3.05) is 11.5 Å². The minimum absolute atomic E-state index is 0.0175. The van der Waals surface area contributed by atoms with Crippen LogP contribution in [0.1, 0.15) is 78.1 Å². The topological polar surface area (TPSA) is 121 Å². The first-order chi connectivity index (χ1) is 20.5. The molecule has 1 aliphatic heterocycles. The van der Waals surface area contributed by atoms with E-state index in [9.17, 15) is 24.0 Å². The number of benzene rings is 2. The number of hydrogen-bond donors (Lipinski definition) is 0. The molecule has 2 heterocycles. The van der Waals surface area contributed by atoms with Gasteiger partial charge in [-0.25, -0.2) is 19.1 Å². The van der Waals surface area contributed by atoms with Gasteiger partial charge < -0.3 is 14.2 Å². The summed E-state index contributed by atoms with van der Waals surface area (Å²) in [5.41, 5.74) is -1.76. The quantitative estimate of drug-likeness (QED) is 0.262. The third-order valence-electron chi connectivity index (χ3n) is 7.98.